The second kappa shape index (κ2) is 6.77. The lowest BCUT2D eigenvalue weighted by Crippen LogP contribution is -2.39. The van der Waals surface area contributed by atoms with Crippen LogP contribution in [0, 0.1) is 5.41 Å². The van der Waals surface area contributed by atoms with Crippen molar-refractivity contribution in [2.75, 3.05) is 0 Å². The summed E-state index contributed by atoms with van der Waals surface area (Å²) < 4.78 is 6.98. The standard InChI is InChI=1S/C11H8Br6O2/c1-10(2,11(15,16)17)9(18)19-8-6(13)3-5(12)4-7(8)14/h3-4H,1-2H3. The summed E-state index contributed by atoms with van der Waals surface area (Å²) in [5.74, 6) is 0.0554. The molecule has 0 heterocycles. The molecule has 106 valence electrons. The third kappa shape index (κ3) is 4.52. The van der Waals surface area contributed by atoms with E-state index in [0.717, 1.165) is 4.47 Å². The van der Waals surface area contributed by atoms with Gasteiger partial charge in [-0.15, -0.1) is 0 Å². The summed E-state index contributed by atoms with van der Waals surface area (Å²) in [6.45, 7) is 3.52. The molecule has 0 saturated heterocycles. The zero-order valence-corrected chi connectivity index (χ0v) is 19.3. The summed E-state index contributed by atoms with van der Waals surface area (Å²) in [7, 11) is 0. The van der Waals surface area contributed by atoms with Gasteiger partial charge in [-0.1, -0.05) is 63.7 Å². The molecule has 0 amide bonds. The van der Waals surface area contributed by atoms with Gasteiger partial charge in [0, 0.05) is 4.47 Å². The van der Waals surface area contributed by atoms with Crippen LogP contribution in [0.5, 0.6) is 5.75 Å². The Bertz CT molecular complexity index is 483. The molecule has 0 aromatic heterocycles. The summed E-state index contributed by atoms with van der Waals surface area (Å²) >= 11 is 20.2. The first kappa shape index (κ1) is 18.6. The first-order chi connectivity index (χ1) is 8.46. The van der Waals surface area contributed by atoms with Gasteiger partial charge in [-0.3, -0.25) is 4.79 Å². The van der Waals surface area contributed by atoms with Gasteiger partial charge in [-0.2, -0.15) is 0 Å². The molecule has 0 saturated carbocycles. The van der Waals surface area contributed by atoms with Crippen LogP contribution in [0.3, 0.4) is 0 Å². The molecule has 0 fully saturated rings. The lowest BCUT2D eigenvalue weighted by Gasteiger charge is -2.31. The van der Waals surface area contributed by atoms with Crippen LogP contribution >= 0.6 is 95.6 Å². The van der Waals surface area contributed by atoms with Gasteiger partial charge in [0.2, 0.25) is 0 Å². The Morgan fingerprint density at radius 2 is 1.47 bits per heavy atom. The molecule has 8 heteroatoms. The van der Waals surface area contributed by atoms with Gasteiger partial charge < -0.3 is 4.74 Å². The van der Waals surface area contributed by atoms with Gasteiger partial charge in [0.15, 0.2) is 7.89 Å². The van der Waals surface area contributed by atoms with Crippen LogP contribution in [-0.4, -0.2) is 8.11 Å². The monoisotopic (exact) mass is 646 g/mol. The summed E-state index contributed by atoms with van der Waals surface area (Å²) in [6, 6.07) is 3.62. The lowest BCUT2D eigenvalue weighted by atomic mass is 9.97. The van der Waals surface area contributed by atoms with Crippen molar-refractivity contribution < 1.29 is 9.53 Å². The number of rotatable bonds is 2. The zero-order valence-electron chi connectivity index (χ0n) is 9.74. The van der Waals surface area contributed by atoms with E-state index in [1.165, 1.54) is 0 Å². The summed E-state index contributed by atoms with van der Waals surface area (Å²) in [5.41, 5.74) is -0.834. The van der Waals surface area contributed by atoms with Crippen LogP contribution in [0.15, 0.2) is 25.6 Å². The highest BCUT2D eigenvalue weighted by Crippen LogP contribution is 2.50. The Morgan fingerprint density at radius 1 is 1.05 bits per heavy atom. The predicted octanol–water partition coefficient (Wildman–Crippen LogP) is 6.74. The van der Waals surface area contributed by atoms with E-state index in [0.29, 0.717) is 14.7 Å². The third-order valence-electron chi connectivity index (χ3n) is 2.38. The third-order valence-corrected chi connectivity index (χ3v) is 6.99. The van der Waals surface area contributed by atoms with Gasteiger partial charge in [-0.25, -0.2) is 0 Å². The number of esters is 1. The number of carbonyl (C=O) groups excluding carboxylic acids is 1. The Labute approximate surface area is 162 Å². The molecule has 0 radical (unpaired) electrons. The number of alkyl halides is 3. The predicted molar refractivity (Wildman–Crippen MR) is 98.5 cm³/mol. The lowest BCUT2D eigenvalue weighted by molar-refractivity contribution is -0.143. The van der Waals surface area contributed by atoms with Crippen molar-refractivity contribution in [1.29, 1.82) is 0 Å². The molecule has 0 atom stereocenters. The van der Waals surface area contributed by atoms with E-state index in [4.69, 9.17) is 4.74 Å². The Balaban J connectivity index is 3.08. The quantitative estimate of drug-likeness (QED) is 0.201. The minimum absolute atomic E-state index is 0.387. The molecule has 1 aromatic rings. The van der Waals surface area contributed by atoms with E-state index < -0.39 is 7.56 Å². The summed E-state index contributed by atoms with van der Waals surface area (Å²) in [5, 5.41) is 0. The van der Waals surface area contributed by atoms with Crippen molar-refractivity contribution in [3.8, 4) is 5.75 Å². The summed E-state index contributed by atoms with van der Waals surface area (Å²) in [4.78, 5) is 12.3. The number of hydrogen-bond donors (Lipinski definition) is 0. The largest absolute Gasteiger partial charge is 0.424 e. The van der Waals surface area contributed by atoms with Crippen LogP contribution in [0.1, 0.15) is 13.8 Å². The van der Waals surface area contributed by atoms with E-state index in [-0.39, 0.29) is 5.97 Å². The second-order valence-corrected chi connectivity index (χ2v) is 13.6. The normalized spacial score (nSPS) is 12.4. The Kier molecular flexibility index (Phi) is 6.64. The van der Waals surface area contributed by atoms with Crippen molar-refractivity contribution in [3.63, 3.8) is 0 Å². The maximum atomic E-state index is 12.3. The van der Waals surface area contributed by atoms with Crippen molar-refractivity contribution in [1.82, 2.24) is 0 Å². The smallest absolute Gasteiger partial charge is 0.320 e. The molecule has 1 aromatic carbocycles. The fourth-order valence-corrected chi connectivity index (χ4v) is 3.87. The molecule has 0 N–H and O–H groups in total. The minimum Gasteiger partial charge on any atom is -0.424 e. The van der Waals surface area contributed by atoms with Crippen LogP contribution in [-0.2, 0) is 4.79 Å². The molecule has 0 aliphatic rings. The van der Waals surface area contributed by atoms with Gasteiger partial charge in [0.1, 0.15) is 0 Å². The Morgan fingerprint density at radius 3 is 1.84 bits per heavy atom. The number of halogens is 6. The molecule has 0 unspecified atom stereocenters. The molecular weight excluding hydrogens is 644 g/mol. The highest BCUT2D eigenvalue weighted by Gasteiger charge is 2.46. The van der Waals surface area contributed by atoms with E-state index >= 15 is 0 Å². The molecule has 1 rings (SSSR count). The average molecular weight is 652 g/mol. The van der Waals surface area contributed by atoms with E-state index in [2.05, 4.69) is 95.6 Å². The van der Waals surface area contributed by atoms with Crippen LogP contribution in [0.4, 0.5) is 0 Å². The van der Waals surface area contributed by atoms with E-state index in [1.54, 1.807) is 13.8 Å². The van der Waals surface area contributed by atoms with Crippen molar-refractivity contribution in [3.05, 3.63) is 25.6 Å². The molecule has 19 heavy (non-hydrogen) atoms. The molecular formula is C11H8Br6O2. The van der Waals surface area contributed by atoms with Gasteiger partial charge >= 0.3 is 5.97 Å². The van der Waals surface area contributed by atoms with Gasteiger partial charge in [0.05, 0.1) is 14.4 Å². The summed E-state index contributed by atoms with van der Waals surface area (Å²) in [6.07, 6.45) is 0. The SMILES string of the molecule is CC(C)(C(=O)Oc1c(Br)cc(Br)cc1Br)C(Br)(Br)Br. The molecule has 0 aliphatic carbocycles. The Hall–Kier alpha value is 1.57. The molecule has 0 aliphatic heterocycles. The van der Waals surface area contributed by atoms with E-state index in [9.17, 15) is 4.79 Å². The van der Waals surface area contributed by atoms with Gasteiger partial charge in [-0.05, 0) is 57.8 Å². The van der Waals surface area contributed by atoms with E-state index in [1.807, 2.05) is 12.1 Å². The number of benzene rings is 1. The molecule has 2 nitrogen and oxygen atoms in total. The first-order valence-corrected chi connectivity index (χ1v) is 9.66. The molecule has 0 spiro atoms. The minimum atomic E-state index is -0.834. The topological polar surface area (TPSA) is 26.3 Å². The van der Waals surface area contributed by atoms with Crippen molar-refractivity contribution >= 4 is 102 Å². The highest BCUT2D eigenvalue weighted by atomic mass is 80.0. The van der Waals surface area contributed by atoms with Gasteiger partial charge in [0.25, 0.3) is 0 Å². The van der Waals surface area contributed by atoms with Crippen molar-refractivity contribution in [2.24, 2.45) is 5.41 Å². The number of hydrogen-bond acceptors (Lipinski definition) is 2. The fraction of sp³-hybridized carbons (Fsp3) is 0.364. The second-order valence-electron chi connectivity index (χ2n) is 4.21. The average Bonchev–Trinajstić information content (AvgIpc) is 2.21. The highest BCUT2D eigenvalue weighted by molar-refractivity contribution is 9.39. The van der Waals surface area contributed by atoms with Crippen LogP contribution < -0.4 is 4.74 Å². The van der Waals surface area contributed by atoms with Crippen LogP contribution in [0.2, 0.25) is 0 Å². The maximum absolute atomic E-state index is 12.3. The van der Waals surface area contributed by atoms with Crippen LogP contribution in [0.25, 0.3) is 0 Å². The van der Waals surface area contributed by atoms with Crippen molar-refractivity contribution in [2.45, 2.75) is 16.0 Å². The number of carbonyl (C=O) groups is 1. The molecule has 0 bridgehead atoms. The fourth-order valence-electron chi connectivity index (χ4n) is 0.962. The zero-order chi connectivity index (χ0) is 15.0. The first-order valence-electron chi connectivity index (χ1n) is 4.90. The maximum Gasteiger partial charge on any atom is 0.320 e. The number of ether oxygens (including phenoxy) is 1.